The van der Waals surface area contributed by atoms with Gasteiger partial charge in [0.15, 0.2) is 0 Å². The number of fused-ring (bicyclic) bond motifs is 3. The fraction of sp³-hybridized carbons (Fsp3) is 0.731. The molecule has 0 aromatic heterocycles. The number of rotatable bonds is 3. The summed E-state index contributed by atoms with van der Waals surface area (Å²) in [5, 5.41) is 11.9. The van der Waals surface area contributed by atoms with E-state index >= 15 is 0 Å². The summed E-state index contributed by atoms with van der Waals surface area (Å²) in [7, 11) is 0. The van der Waals surface area contributed by atoms with Crippen molar-refractivity contribution >= 4 is 17.6 Å². The van der Waals surface area contributed by atoms with E-state index < -0.39 is 5.60 Å². The van der Waals surface area contributed by atoms with E-state index in [1.807, 2.05) is 24.3 Å². The Morgan fingerprint density at radius 3 is 2.56 bits per heavy atom. The highest BCUT2D eigenvalue weighted by Gasteiger charge is 2.65. The van der Waals surface area contributed by atoms with Crippen LogP contribution >= 0.6 is 11.6 Å². The normalized spacial score (nSPS) is 42.9. The van der Waals surface area contributed by atoms with Crippen LogP contribution in [0.4, 0.5) is 0 Å². The van der Waals surface area contributed by atoms with E-state index in [0.29, 0.717) is 29.7 Å². The molecule has 1 aromatic carbocycles. The molecule has 3 saturated heterocycles. The molecule has 1 N–H and O–H groups in total. The van der Waals surface area contributed by atoms with Crippen molar-refractivity contribution in [3.8, 4) is 0 Å². The smallest absolute Gasteiger partial charge is 0.310 e. The van der Waals surface area contributed by atoms with Gasteiger partial charge >= 0.3 is 5.97 Å². The minimum atomic E-state index is -0.815. The first-order chi connectivity index (χ1) is 15.3. The van der Waals surface area contributed by atoms with Crippen molar-refractivity contribution in [3.05, 3.63) is 34.9 Å². The molecule has 0 radical (unpaired) electrons. The maximum Gasteiger partial charge on any atom is 0.310 e. The summed E-state index contributed by atoms with van der Waals surface area (Å²) in [5.41, 5.74) is 0.449. The minimum absolute atomic E-state index is 0.00783. The lowest BCUT2D eigenvalue weighted by Gasteiger charge is -2.51. The highest BCUT2D eigenvalue weighted by Crippen LogP contribution is 2.62. The molecule has 32 heavy (non-hydrogen) atoms. The summed E-state index contributed by atoms with van der Waals surface area (Å²) < 4.78 is 12.0. The number of likely N-dealkylation sites (tertiary alicyclic amines) is 1. The number of aliphatic hydroxyl groups is 1. The maximum atomic E-state index is 12.9. The first kappa shape index (κ1) is 21.4. The first-order valence-corrected chi connectivity index (χ1v) is 12.7. The lowest BCUT2D eigenvalue weighted by Crippen LogP contribution is -2.51. The Kier molecular flexibility index (Phi) is 4.97. The summed E-state index contributed by atoms with van der Waals surface area (Å²) in [4.78, 5) is 15.3. The lowest BCUT2D eigenvalue weighted by atomic mass is 9.53. The summed E-state index contributed by atoms with van der Waals surface area (Å²) in [5.74, 6) is 0.797. The number of carbonyl (C=O) groups excluding carboxylic acids is 1. The van der Waals surface area contributed by atoms with Crippen LogP contribution < -0.4 is 0 Å². The molecule has 0 bridgehead atoms. The molecule has 2 aliphatic carbocycles. The zero-order valence-corrected chi connectivity index (χ0v) is 19.7. The van der Waals surface area contributed by atoms with Gasteiger partial charge in [-0.25, -0.2) is 0 Å². The van der Waals surface area contributed by atoms with Gasteiger partial charge < -0.3 is 19.5 Å². The average Bonchev–Trinajstić information content (AvgIpc) is 3.47. The van der Waals surface area contributed by atoms with Crippen molar-refractivity contribution in [2.45, 2.75) is 69.2 Å². The van der Waals surface area contributed by atoms with Crippen LogP contribution in [0.3, 0.4) is 0 Å². The highest BCUT2D eigenvalue weighted by atomic mass is 35.5. The van der Waals surface area contributed by atoms with Crippen LogP contribution in [0.1, 0.15) is 57.4 Å². The second-order valence-corrected chi connectivity index (χ2v) is 11.9. The van der Waals surface area contributed by atoms with Crippen LogP contribution in [0.25, 0.3) is 0 Å². The highest BCUT2D eigenvalue weighted by molar-refractivity contribution is 6.30. The fourth-order valence-electron chi connectivity index (χ4n) is 7.60. The van der Waals surface area contributed by atoms with Crippen LogP contribution in [0.5, 0.6) is 0 Å². The molecule has 5 nitrogen and oxygen atoms in total. The SMILES string of the molecule is C[C@]12CCC[C@]3(CO3)[C@H]1C[C@H]1[C@@H](C2)OC(=O)[C@@H]1CN1CCC(O)(c2ccc(Cl)cc2)CC1. The predicted octanol–water partition coefficient (Wildman–Crippen LogP) is 4.15. The molecule has 0 unspecified atom stereocenters. The molecular formula is C26H34ClNO4. The molecular weight excluding hydrogens is 426 g/mol. The van der Waals surface area contributed by atoms with Crippen LogP contribution in [-0.4, -0.2) is 53.9 Å². The van der Waals surface area contributed by atoms with E-state index in [0.717, 1.165) is 44.6 Å². The van der Waals surface area contributed by atoms with Crippen molar-refractivity contribution in [1.29, 1.82) is 0 Å². The molecule has 6 heteroatoms. The monoisotopic (exact) mass is 459 g/mol. The second kappa shape index (κ2) is 7.43. The Hall–Kier alpha value is -1.14. The van der Waals surface area contributed by atoms with E-state index in [4.69, 9.17) is 21.1 Å². The van der Waals surface area contributed by atoms with Gasteiger partial charge in [-0.05, 0) is 74.0 Å². The molecule has 3 heterocycles. The van der Waals surface area contributed by atoms with Crippen molar-refractivity contribution in [2.24, 2.45) is 23.2 Å². The Morgan fingerprint density at radius 1 is 1.16 bits per heavy atom. The summed E-state index contributed by atoms with van der Waals surface area (Å²) in [6, 6.07) is 7.54. The largest absolute Gasteiger partial charge is 0.462 e. The quantitative estimate of drug-likeness (QED) is 0.543. The Labute approximate surface area is 195 Å². The maximum absolute atomic E-state index is 12.9. The van der Waals surface area contributed by atoms with E-state index in [1.54, 1.807) is 0 Å². The van der Waals surface area contributed by atoms with Gasteiger partial charge in [-0.3, -0.25) is 4.79 Å². The number of carbonyl (C=O) groups is 1. The van der Waals surface area contributed by atoms with Gasteiger partial charge in [0, 0.05) is 30.6 Å². The van der Waals surface area contributed by atoms with E-state index in [9.17, 15) is 9.90 Å². The van der Waals surface area contributed by atoms with Gasteiger partial charge in [-0.1, -0.05) is 30.7 Å². The zero-order valence-electron chi connectivity index (χ0n) is 18.9. The predicted molar refractivity (Wildman–Crippen MR) is 121 cm³/mol. The molecule has 6 atom stereocenters. The Bertz CT molecular complexity index is 892. The van der Waals surface area contributed by atoms with Crippen LogP contribution in [0.15, 0.2) is 24.3 Å². The molecule has 6 rings (SSSR count). The minimum Gasteiger partial charge on any atom is -0.462 e. The second-order valence-electron chi connectivity index (χ2n) is 11.4. The van der Waals surface area contributed by atoms with E-state index in [-0.39, 0.29) is 29.0 Å². The summed E-state index contributed by atoms with van der Waals surface area (Å²) >= 11 is 6.02. The van der Waals surface area contributed by atoms with Gasteiger partial charge in [0.2, 0.25) is 0 Å². The van der Waals surface area contributed by atoms with E-state index in [2.05, 4.69) is 11.8 Å². The number of hydrogen-bond donors (Lipinski definition) is 1. The van der Waals surface area contributed by atoms with Gasteiger partial charge in [-0.2, -0.15) is 0 Å². The van der Waals surface area contributed by atoms with E-state index in [1.165, 1.54) is 19.3 Å². The number of ether oxygens (including phenoxy) is 2. The molecule has 1 spiro atoms. The third kappa shape index (κ3) is 3.43. The summed E-state index contributed by atoms with van der Waals surface area (Å²) in [6.07, 6.45) is 7.09. The zero-order chi connectivity index (χ0) is 22.1. The van der Waals surface area contributed by atoms with Crippen LogP contribution in [0, 0.1) is 23.2 Å². The molecule has 5 aliphatic rings. The molecule has 2 saturated carbocycles. The number of esters is 1. The number of nitrogens with zero attached hydrogens (tertiary/aromatic N) is 1. The number of hydrogen-bond acceptors (Lipinski definition) is 5. The van der Waals surface area contributed by atoms with Gasteiger partial charge in [-0.15, -0.1) is 0 Å². The molecule has 0 amide bonds. The first-order valence-electron chi connectivity index (χ1n) is 12.4. The molecule has 3 aliphatic heterocycles. The van der Waals surface area contributed by atoms with Crippen molar-refractivity contribution in [1.82, 2.24) is 4.90 Å². The lowest BCUT2D eigenvalue weighted by molar-refractivity contribution is -0.147. The van der Waals surface area contributed by atoms with Gasteiger partial charge in [0.25, 0.3) is 0 Å². The van der Waals surface area contributed by atoms with Crippen LogP contribution in [0.2, 0.25) is 5.02 Å². The van der Waals surface area contributed by atoms with Gasteiger partial charge in [0.05, 0.1) is 23.7 Å². The average molecular weight is 460 g/mol. The fourth-order valence-corrected chi connectivity index (χ4v) is 7.72. The Morgan fingerprint density at radius 2 is 1.88 bits per heavy atom. The third-order valence-electron chi connectivity index (χ3n) is 9.60. The Balaban J connectivity index is 1.13. The van der Waals surface area contributed by atoms with Crippen molar-refractivity contribution in [3.63, 3.8) is 0 Å². The summed E-state index contributed by atoms with van der Waals surface area (Å²) in [6.45, 7) is 5.62. The van der Waals surface area contributed by atoms with Crippen molar-refractivity contribution < 1.29 is 19.4 Å². The van der Waals surface area contributed by atoms with Crippen molar-refractivity contribution in [2.75, 3.05) is 26.2 Å². The molecule has 1 aromatic rings. The number of epoxide rings is 1. The molecule has 5 fully saturated rings. The van der Waals surface area contributed by atoms with Gasteiger partial charge in [0.1, 0.15) is 6.10 Å². The number of halogens is 1. The number of benzene rings is 1. The standard InChI is InChI=1S/C26H34ClNO4/c1-24-7-2-8-26(16-31-26)22(24)13-19-20(23(29)32-21(19)14-24)15-28-11-9-25(30,10-12-28)17-3-5-18(27)6-4-17/h3-6,19-22,30H,2,7-16H2,1H3/t19-,20-,21-,22+,24-,26+/m1/s1. The third-order valence-corrected chi connectivity index (χ3v) is 9.85. The van der Waals surface area contributed by atoms with Crippen LogP contribution in [-0.2, 0) is 19.9 Å². The topological polar surface area (TPSA) is 62.3 Å². The number of piperidine rings is 1. The molecule has 174 valence electrons.